The Morgan fingerprint density at radius 3 is 2.32 bits per heavy atom. The van der Waals surface area contributed by atoms with Gasteiger partial charge < -0.3 is 10.0 Å². The van der Waals surface area contributed by atoms with E-state index in [4.69, 9.17) is 4.84 Å². The summed E-state index contributed by atoms with van der Waals surface area (Å²) >= 11 is 0. The van der Waals surface area contributed by atoms with Crippen molar-refractivity contribution in [2.24, 2.45) is 11.3 Å². The molecule has 0 bridgehead atoms. The molecule has 0 radical (unpaired) electrons. The second kappa shape index (κ2) is 7.60. The number of nitrogens with one attached hydrogen (secondary N) is 1. The maximum absolute atomic E-state index is 9.46. The van der Waals surface area contributed by atoms with E-state index >= 15 is 0 Å². The van der Waals surface area contributed by atoms with E-state index < -0.39 is 0 Å². The average Bonchev–Trinajstić information content (AvgIpc) is 3.05. The van der Waals surface area contributed by atoms with E-state index in [0.29, 0.717) is 11.2 Å². The molecule has 1 saturated carbocycles. The molecule has 28 heavy (non-hydrogen) atoms. The first-order valence-electron chi connectivity index (χ1n) is 10.8. The Morgan fingerprint density at radius 1 is 1.07 bits per heavy atom. The van der Waals surface area contributed by atoms with Gasteiger partial charge in [-0.25, -0.2) is 0 Å². The van der Waals surface area contributed by atoms with Gasteiger partial charge in [-0.3, -0.25) is 15.2 Å². The molecule has 0 aromatic heterocycles. The number of phenolic OH excluding ortho intramolecular Hbond substituents is 1. The molecule has 1 aromatic carbocycles. The van der Waals surface area contributed by atoms with Crippen molar-refractivity contribution >= 4 is 5.69 Å². The van der Waals surface area contributed by atoms with Gasteiger partial charge in [-0.2, -0.15) is 0 Å². The summed E-state index contributed by atoms with van der Waals surface area (Å²) in [5, 5.41) is 9.46. The fraction of sp³-hybridized carbons (Fsp3) is 0.652. The Morgan fingerprint density at radius 2 is 1.71 bits per heavy atom. The second-order valence-corrected chi connectivity index (χ2v) is 9.86. The molecule has 2 fully saturated rings. The number of hydroxylamine groups is 1. The average molecular weight is 386 g/mol. The summed E-state index contributed by atoms with van der Waals surface area (Å²) in [6.45, 7) is 12.1. The number of aromatic hydroxyl groups is 1. The van der Waals surface area contributed by atoms with Crippen molar-refractivity contribution < 1.29 is 9.94 Å². The number of nitrogens with zero attached hydrogens (tertiary/aromatic N) is 2. The molecule has 0 amide bonds. The number of benzene rings is 1. The van der Waals surface area contributed by atoms with Crippen molar-refractivity contribution in [2.45, 2.75) is 52.1 Å². The van der Waals surface area contributed by atoms with Gasteiger partial charge in [0.15, 0.2) is 0 Å². The molecule has 2 N–H and O–H groups in total. The van der Waals surface area contributed by atoms with Gasteiger partial charge in [-0.1, -0.05) is 20.8 Å². The van der Waals surface area contributed by atoms with Crippen LogP contribution in [0, 0.1) is 11.3 Å². The van der Waals surface area contributed by atoms with Gasteiger partial charge in [0, 0.05) is 38.4 Å². The maximum Gasteiger partial charge on any atom is 0.116 e. The smallest absolute Gasteiger partial charge is 0.116 e. The summed E-state index contributed by atoms with van der Waals surface area (Å²) in [6, 6.07) is 7.52. The summed E-state index contributed by atoms with van der Waals surface area (Å²) in [6.07, 6.45) is 7.12. The van der Waals surface area contributed by atoms with Crippen LogP contribution in [0.1, 0.15) is 46.5 Å². The summed E-state index contributed by atoms with van der Waals surface area (Å²) in [5.74, 6) is 1.12. The first kappa shape index (κ1) is 19.6. The zero-order valence-electron chi connectivity index (χ0n) is 17.6. The third-order valence-corrected chi connectivity index (χ3v) is 6.86. The predicted molar refractivity (Wildman–Crippen MR) is 113 cm³/mol. The topological polar surface area (TPSA) is 48.0 Å². The fourth-order valence-corrected chi connectivity index (χ4v) is 4.91. The quantitative estimate of drug-likeness (QED) is 0.826. The minimum absolute atomic E-state index is 0.0784. The first-order chi connectivity index (χ1) is 13.3. The number of piperazine rings is 1. The van der Waals surface area contributed by atoms with Crippen LogP contribution in [0.25, 0.3) is 0 Å². The third kappa shape index (κ3) is 4.31. The zero-order chi connectivity index (χ0) is 19.8. The van der Waals surface area contributed by atoms with Crippen LogP contribution in [0.2, 0.25) is 0 Å². The largest absolute Gasteiger partial charge is 0.508 e. The third-order valence-electron chi connectivity index (χ3n) is 6.86. The molecule has 1 aromatic rings. The predicted octanol–water partition coefficient (Wildman–Crippen LogP) is 3.91. The standard InChI is InChI=1S/C23H35N3O2/c1-22(2,3)18-8-10-23(11-9-18)16-19(24-28-23)17-25-12-14-26(15-13-25)20-4-6-21(27)7-5-20/h4-7,16,18,24,27H,8-15,17H2,1-3H3. The number of phenols is 1. The Bertz CT molecular complexity index is 692. The van der Waals surface area contributed by atoms with Gasteiger partial charge in [0.2, 0.25) is 0 Å². The number of rotatable bonds is 3. The summed E-state index contributed by atoms with van der Waals surface area (Å²) < 4.78 is 0. The SMILES string of the molecule is CC(C)(C)C1CCC2(C=C(CN3CCN(c4ccc(O)cc4)CC3)NO2)CC1. The number of hydrogen-bond acceptors (Lipinski definition) is 5. The lowest BCUT2D eigenvalue weighted by Crippen LogP contribution is -2.47. The molecule has 0 unspecified atom stereocenters. The van der Waals surface area contributed by atoms with Crippen molar-refractivity contribution in [3.8, 4) is 5.75 Å². The lowest BCUT2D eigenvalue weighted by Gasteiger charge is -2.40. The van der Waals surface area contributed by atoms with Crippen molar-refractivity contribution in [3.63, 3.8) is 0 Å². The van der Waals surface area contributed by atoms with E-state index in [2.05, 4.69) is 42.1 Å². The van der Waals surface area contributed by atoms with E-state index in [1.54, 1.807) is 12.1 Å². The molecule has 154 valence electrons. The van der Waals surface area contributed by atoms with Crippen LogP contribution < -0.4 is 10.4 Å². The monoisotopic (exact) mass is 385 g/mol. The van der Waals surface area contributed by atoms with Gasteiger partial charge in [0.25, 0.3) is 0 Å². The van der Waals surface area contributed by atoms with Crippen molar-refractivity contribution in [1.29, 1.82) is 0 Å². The van der Waals surface area contributed by atoms with Crippen molar-refractivity contribution in [2.75, 3.05) is 37.6 Å². The Labute approximate surface area is 169 Å². The lowest BCUT2D eigenvalue weighted by molar-refractivity contribution is -0.0766. The van der Waals surface area contributed by atoms with E-state index in [1.807, 2.05) is 12.1 Å². The number of anilines is 1. The molecule has 5 heteroatoms. The fourth-order valence-electron chi connectivity index (χ4n) is 4.91. The highest BCUT2D eigenvalue weighted by Gasteiger charge is 2.41. The molecular weight excluding hydrogens is 350 g/mol. The van der Waals surface area contributed by atoms with Crippen LogP contribution >= 0.6 is 0 Å². The van der Waals surface area contributed by atoms with Crippen LogP contribution in [0.15, 0.2) is 36.0 Å². The molecule has 1 saturated heterocycles. The molecule has 4 rings (SSSR count). The molecule has 2 aliphatic heterocycles. The van der Waals surface area contributed by atoms with E-state index in [9.17, 15) is 5.11 Å². The molecule has 3 aliphatic rings. The Balaban J connectivity index is 1.28. The highest BCUT2D eigenvalue weighted by atomic mass is 16.7. The van der Waals surface area contributed by atoms with Crippen molar-refractivity contribution in [3.05, 3.63) is 36.0 Å². The van der Waals surface area contributed by atoms with Gasteiger partial charge in [-0.05, 0) is 67.4 Å². The summed E-state index contributed by atoms with van der Waals surface area (Å²) in [4.78, 5) is 11.0. The highest BCUT2D eigenvalue weighted by molar-refractivity contribution is 5.49. The van der Waals surface area contributed by atoms with Crippen LogP contribution in [-0.2, 0) is 4.84 Å². The lowest BCUT2D eigenvalue weighted by atomic mass is 9.68. The van der Waals surface area contributed by atoms with Crippen LogP contribution in [0.3, 0.4) is 0 Å². The van der Waals surface area contributed by atoms with Gasteiger partial charge >= 0.3 is 0 Å². The minimum atomic E-state index is -0.0784. The Hall–Kier alpha value is -1.72. The van der Waals surface area contributed by atoms with Gasteiger partial charge in [0.05, 0.1) is 5.70 Å². The van der Waals surface area contributed by atoms with Crippen LogP contribution in [0.5, 0.6) is 5.75 Å². The highest BCUT2D eigenvalue weighted by Crippen LogP contribution is 2.44. The van der Waals surface area contributed by atoms with Crippen molar-refractivity contribution in [1.82, 2.24) is 10.4 Å². The summed E-state index contributed by atoms with van der Waals surface area (Å²) in [5.41, 5.74) is 5.98. The van der Waals surface area contributed by atoms with E-state index in [1.165, 1.54) is 24.2 Å². The first-order valence-corrected chi connectivity index (χ1v) is 10.8. The normalized spacial score (nSPS) is 29.0. The summed E-state index contributed by atoms with van der Waals surface area (Å²) in [7, 11) is 0. The number of hydrogen-bond donors (Lipinski definition) is 2. The van der Waals surface area contributed by atoms with Gasteiger partial charge in [-0.15, -0.1) is 0 Å². The second-order valence-electron chi connectivity index (χ2n) is 9.86. The maximum atomic E-state index is 9.46. The molecule has 5 nitrogen and oxygen atoms in total. The molecule has 2 heterocycles. The minimum Gasteiger partial charge on any atom is -0.508 e. The molecule has 0 atom stereocenters. The Kier molecular flexibility index (Phi) is 5.32. The molecule has 1 spiro atoms. The van der Waals surface area contributed by atoms with Gasteiger partial charge in [0.1, 0.15) is 11.4 Å². The van der Waals surface area contributed by atoms with Crippen LogP contribution in [0.4, 0.5) is 5.69 Å². The van der Waals surface area contributed by atoms with E-state index in [0.717, 1.165) is 51.5 Å². The molecule has 1 aliphatic carbocycles. The van der Waals surface area contributed by atoms with E-state index in [-0.39, 0.29) is 5.60 Å². The zero-order valence-corrected chi connectivity index (χ0v) is 17.6. The molecular formula is C23H35N3O2. The van der Waals surface area contributed by atoms with Crippen LogP contribution in [-0.4, -0.2) is 48.3 Å².